The number of hydrogen-bond donors (Lipinski definition) is 2. The first kappa shape index (κ1) is 16.0. The first-order chi connectivity index (χ1) is 11.6. The lowest BCUT2D eigenvalue weighted by atomic mass is 10.2. The second-order valence-corrected chi connectivity index (χ2v) is 5.74. The topological polar surface area (TPSA) is 54.0 Å². The Hall–Kier alpha value is -2.85. The van der Waals surface area contributed by atoms with Crippen LogP contribution in [0.25, 0.3) is 0 Å². The van der Waals surface area contributed by atoms with Crippen molar-refractivity contribution in [2.45, 2.75) is 6.92 Å². The molecule has 3 rings (SSSR count). The fraction of sp³-hybridized carbons (Fsp3) is 0.0526. The number of rotatable bonds is 4. The number of hydrogen-bond acceptors (Lipinski definition) is 3. The van der Waals surface area contributed by atoms with Gasteiger partial charge < -0.3 is 10.6 Å². The van der Waals surface area contributed by atoms with Crippen molar-refractivity contribution in [1.29, 1.82) is 0 Å². The molecule has 0 atom stereocenters. The summed E-state index contributed by atoms with van der Waals surface area (Å²) in [6.45, 7) is 2.00. The van der Waals surface area contributed by atoms with Crippen LogP contribution in [-0.2, 0) is 0 Å². The van der Waals surface area contributed by atoms with Crippen LogP contribution in [-0.4, -0.2) is 10.9 Å². The number of halogens is 1. The van der Waals surface area contributed by atoms with E-state index >= 15 is 0 Å². The lowest BCUT2D eigenvalue weighted by molar-refractivity contribution is 0.102. The summed E-state index contributed by atoms with van der Waals surface area (Å²) in [6.07, 6.45) is 1.65. The molecule has 120 valence electrons. The highest BCUT2D eigenvalue weighted by atomic mass is 35.5. The van der Waals surface area contributed by atoms with Crippen LogP contribution in [0.4, 0.5) is 17.2 Å². The Bertz CT molecular complexity index is 862. The molecule has 0 saturated heterocycles. The van der Waals surface area contributed by atoms with Gasteiger partial charge in [0.15, 0.2) is 0 Å². The Morgan fingerprint density at radius 1 is 1.00 bits per heavy atom. The third kappa shape index (κ3) is 3.73. The summed E-state index contributed by atoms with van der Waals surface area (Å²) < 4.78 is 0. The van der Waals surface area contributed by atoms with Crippen LogP contribution >= 0.6 is 11.6 Å². The van der Waals surface area contributed by atoms with E-state index in [4.69, 9.17) is 11.6 Å². The van der Waals surface area contributed by atoms with E-state index in [0.29, 0.717) is 22.1 Å². The van der Waals surface area contributed by atoms with Crippen LogP contribution in [0.2, 0.25) is 5.02 Å². The van der Waals surface area contributed by atoms with Gasteiger partial charge in [0.25, 0.3) is 5.91 Å². The quantitative estimate of drug-likeness (QED) is 0.701. The zero-order valence-corrected chi connectivity index (χ0v) is 13.8. The maximum atomic E-state index is 12.6. The Kier molecular flexibility index (Phi) is 4.77. The van der Waals surface area contributed by atoms with E-state index in [2.05, 4.69) is 15.6 Å². The first-order valence-corrected chi connectivity index (χ1v) is 7.86. The van der Waals surface area contributed by atoms with Crippen LogP contribution in [0.5, 0.6) is 0 Å². The number of amides is 1. The minimum absolute atomic E-state index is 0.235. The number of aromatic nitrogens is 1. The van der Waals surface area contributed by atoms with E-state index in [1.165, 1.54) is 0 Å². The van der Waals surface area contributed by atoms with Crippen LogP contribution in [0, 0.1) is 6.92 Å². The van der Waals surface area contributed by atoms with Gasteiger partial charge in [-0.1, -0.05) is 29.8 Å². The zero-order valence-electron chi connectivity index (χ0n) is 13.1. The van der Waals surface area contributed by atoms with Crippen molar-refractivity contribution in [1.82, 2.24) is 4.98 Å². The third-order valence-electron chi connectivity index (χ3n) is 3.55. The van der Waals surface area contributed by atoms with Gasteiger partial charge in [0.1, 0.15) is 5.82 Å². The van der Waals surface area contributed by atoms with Gasteiger partial charge in [-0.2, -0.15) is 0 Å². The Balaban J connectivity index is 1.84. The molecule has 1 heterocycles. The summed E-state index contributed by atoms with van der Waals surface area (Å²) in [5, 5.41) is 6.69. The van der Waals surface area contributed by atoms with Gasteiger partial charge in [0.2, 0.25) is 0 Å². The smallest absolute Gasteiger partial charge is 0.259 e. The molecule has 0 aliphatic rings. The minimum Gasteiger partial charge on any atom is -0.339 e. The van der Waals surface area contributed by atoms with Gasteiger partial charge in [-0.25, -0.2) is 4.98 Å². The molecule has 0 saturated carbocycles. The van der Waals surface area contributed by atoms with E-state index in [0.717, 1.165) is 11.3 Å². The highest BCUT2D eigenvalue weighted by molar-refractivity contribution is 6.30. The molecule has 5 heteroatoms. The normalized spacial score (nSPS) is 10.2. The molecule has 24 heavy (non-hydrogen) atoms. The second-order valence-electron chi connectivity index (χ2n) is 5.30. The monoisotopic (exact) mass is 337 g/mol. The lowest BCUT2D eigenvalue weighted by Crippen LogP contribution is -2.14. The highest BCUT2D eigenvalue weighted by Crippen LogP contribution is 2.22. The minimum atomic E-state index is -0.235. The number of nitrogens with one attached hydrogen (secondary N) is 2. The van der Waals surface area contributed by atoms with E-state index in [9.17, 15) is 4.79 Å². The first-order valence-electron chi connectivity index (χ1n) is 7.48. The van der Waals surface area contributed by atoms with Crippen molar-refractivity contribution in [3.63, 3.8) is 0 Å². The standard InChI is InChI=1S/C19H16ClN3O/c1-13-5-2-3-7-17(13)23-18-16(6-4-12-21-18)19(24)22-15-10-8-14(20)9-11-15/h2-12H,1H3,(H,21,23)(H,22,24). The molecule has 2 N–H and O–H groups in total. The lowest BCUT2D eigenvalue weighted by Gasteiger charge is -2.12. The Morgan fingerprint density at radius 3 is 2.50 bits per heavy atom. The number of carbonyl (C=O) groups is 1. The van der Waals surface area contributed by atoms with E-state index in [1.54, 1.807) is 42.6 Å². The van der Waals surface area contributed by atoms with Gasteiger partial charge in [0.05, 0.1) is 5.56 Å². The van der Waals surface area contributed by atoms with Gasteiger partial charge in [-0.15, -0.1) is 0 Å². The fourth-order valence-electron chi connectivity index (χ4n) is 2.26. The third-order valence-corrected chi connectivity index (χ3v) is 3.80. The maximum absolute atomic E-state index is 12.6. The summed E-state index contributed by atoms with van der Waals surface area (Å²) in [4.78, 5) is 16.9. The van der Waals surface area contributed by atoms with E-state index in [-0.39, 0.29) is 5.91 Å². The van der Waals surface area contributed by atoms with Gasteiger partial charge in [0, 0.05) is 22.6 Å². The van der Waals surface area contributed by atoms with Crippen molar-refractivity contribution in [3.8, 4) is 0 Å². The summed E-state index contributed by atoms with van der Waals surface area (Å²) in [5.74, 6) is 0.278. The largest absolute Gasteiger partial charge is 0.339 e. The molecule has 0 aliphatic heterocycles. The number of para-hydroxylation sites is 1. The predicted octanol–water partition coefficient (Wildman–Crippen LogP) is 5.04. The second kappa shape index (κ2) is 7.15. The maximum Gasteiger partial charge on any atom is 0.259 e. The number of benzene rings is 2. The van der Waals surface area contributed by atoms with Crippen molar-refractivity contribution in [3.05, 3.63) is 83.0 Å². The molecule has 1 amide bonds. The molecule has 0 aliphatic carbocycles. The SMILES string of the molecule is Cc1ccccc1Nc1ncccc1C(=O)Nc1ccc(Cl)cc1. The van der Waals surface area contributed by atoms with Crippen molar-refractivity contribution in [2.75, 3.05) is 10.6 Å². The zero-order chi connectivity index (χ0) is 16.9. The molecular formula is C19H16ClN3O. The van der Waals surface area contributed by atoms with Crippen LogP contribution in [0.15, 0.2) is 66.9 Å². The van der Waals surface area contributed by atoms with Gasteiger partial charge in [-0.3, -0.25) is 4.79 Å². The molecular weight excluding hydrogens is 322 g/mol. The summed E-state index contributed by atoms with van der Waals surface area (Å²) >= 11 is 5.86. The molecule has 0 bridgehead atoms. The van der Waals surface area contributed by atoms with Crippen molar-refractivity contribution >= 4 is 34.7 Å². The fourth-order valence-corrected chi connectivity index (χ4v) is 2.39. The van der Waals surface area contributed by atoms with Crippen molar-refractivity contribution < 1.29 is 4.79 Å². The van der Waals surface area contributed by atoms with Crippen LogP contribution < -0.4 is 10.6 Å². The molecule has 2 aromatic carbocycles. The number of carbonyl (C=O) groups excluding carboxylic acids is 1. The average Bonchev–Trinajstić information content (AvgIpc) is 2.59. The predicted molar refractivity (Wildman–Crippen MR) is 98.1 cm³/mol. The molecule has 0 spiro atoms. The number of pyridine rings is 1. The number of anilines is 3. The molecule has 0 radical (unpaired) electrons. The van der Waals surface area contributed by atoms with Gasteiger partial charge >= 0.3 is 0 Å². The molecule has 4 nitrogen and oxygen atoms in total. The van der Waals surface area contributed by atoms with Gasteiger partial charge in [-0.05, 0) is 55.0 Å². The Morgan fingerprint density at radius 2 is 1.75 bits per heavy atom. The van der Waals surface area contributed by atoms with Crippen LogP contribution in [0.3, 0.4) is 0 Å². The van der Waals surface area contributed by atoms with E-state index in [1.807, 2.05) is 31.2 Å². The highest BCUT2D eigenvalue weighted by Gasteiger charge is 2.13. The summed E-state index contributed by atoms with van der Waals surface area (Å²) in [7, 11) is 0. The number of nitrogens with zero attached hydrogens (tertiary/aromatic N) is 1. The van der Waals surface area contributed by atoms with E-state index < -0.39 is 0 Å². The number of aryl methyl sites for hydroxylation is 1. The molecule has 1 aromatic heterocycles. The summed E-state index contributed by atoms with van der Waals surface area (Å²) in [6, 6.07) is 18.3. The Labute approximate surface area is 145 Å². The molecule has 0 fully saturated rings. The average molecular weight is 338 g/mol. The summed E-state index contributed by atoms with van der Waals surface area (Å²) in [5.41, 5.74) is 3.13. The molecule has 3 aromatic rings. The van der Waals surface area contributed by atoms with Crippen LogP contribution in [0.1, 0.15) is 15.9 Å². The van der Waals surface area contributed by atoms with Crippen molar-refractivity contribution in [2.24, 2.45) is 0 Å². The molecule has 0 unspecified atom stereocenters.